The minimum Gasteiger partial charge on any atom is -0.484 e. The first-order valence-corrected chi connectivity index (χ1v) is 10.8. The number of para-hydroxylation sites is 1. The molecule has 4 rings (SSSR count). The summed E-state index contributed by atoms with van der Waals surface area (Å²) in [5, 5.41) is 7.11. The van der Waals surface area contributed by atoms with Gasteiger partial charge in [0.15, 0.2) is 12.4 Å². The van der Waals surface area contributed by atoms with Crippen molar-refractivity contribution in [2.75, 3.05) is 30.3 Å². The van der Waals surface area contributed by atoms with Gasteiger partial charge >= 0.3 is 0 Å². The minimum absolute atomic E-state index is 0.0174. The number of aromatic nitrogens is 1. The molecular formula is C24H31N5O2. The van der Waals surface area contributed by atoms with Crippen molar-refractivity contribution in [2.24, 2.45) is 4.99 Å². The summed E-state index contributed by atoms with van der Waals surface area (Å²) in [5.74, 6) is 2.33. The number of hydrogen-bond donors (Lipinski definition) is 2. The van der Waals surface area contributed by atoms with Crippen LogP contribution in [-0.4, -0.2) is 52.4 Å². The molecule has 2 N–H and O–H groups in total. The van der Waals surface area contributed by atoms with Crippen LogP contribution >= 0.6 is 0 Å². The monoisotopic (exact) mass is 421 g/mol. The van der Waals surface area contributed by atoms with Crippen molar-refractivity contribution in [2.45, 2.75) is 51.6 Å². The number of nitrogens with one attached hydrogen (secondary N) is 2. The third-order valence-electron chi connectivity index (χ3n) is 5.61. The lowest BCUT2D eigenvalue weighted by molar-refractivity contribution is -0.134. The molecule has 1 amide bonds. The van der Waals surface area contributed by atoms with Crippen LogP contribution in [0.1, 0.15) is 39.2 Å². The van der Waals surface area contributed by atoms with Gasteiger partial charge in [-0.05, 0) is 64.3 Å². The lowest BCUT2D eigenvalue weighted by Crippen LogP contribution is -2.63. The van der Waals surface area contributed by atoms with E-state index in [1.165, 1.54) is 0 Å². The summed E-state index contributed by atoms with van der Waals surface area (Å²) < 4.78 is 5.82. The number of amidine groups is 1. The van der Waals surface area contributed by atoms with Crippen LogP contribution in [0.5, 0.6) is 5.75 Å². The largest absolute Gasteiger partial charge is 0.484 e. The molecule has 2 aliphatic rings. The molecule has 2 aliphatic heterocycles. The van der Waals surface area contributed by atoms with Gasteiger partial charge in [0, 0.05) is 12.7 Å². The number of pyridine rings is 1. The topological polar surface area (TPSA) is 78.8 Å². The molecule has 31 heavy (non-hydrogen) atoms. The van der Waals surface area contributed by atoms with Gasteiger partial charge in [-0.3, -0.25) is 9.79 Å². The van der Waals surface area contributed by atoms with E-state index in [4.69, 9.17) is 9.73 Å². The van der Waals surface area contributed by atoms with E-state index in [-0.39, 0.29) is 18.1 Å². The van der Waals surface area contributed by atoms with Gasteiger partial charge < -0.3 is 20.3 Å². The molecule has 164 valence electrons. The Labute approximate surface area is 183 Å². The second kappa shape index (κ2) is 8.21. The predicted octanol–water partition coefficient (Wildman–Crippen LogP) is 3.86. The van der Waals surface area contributed by atoms with E-state index >= 15 is 0 Å². The Morgan fingerprint density at radius 3 is 2.84 bits per heavy atom. The molecule has 1 aromatic carbocycles. The number of carbonyl (C=O) groups excluding carboxylic acids is 1. The summed E-state index contributed by atoms with van der Waals surface area (Å²) in [4.78, 5) is 24.4. The first-order valence-electron chi connectivity index (χ1n) is 10.8. The highest BCUT2D eigenvalue weighted by molar-refractivity contribution is 6.09. The normalized spacial score (nSPS) is 21.9. The second-order valence-corrected chi connectivity index (χ2v) is 9.34. The highest BCUT2D eigenvalue weighted by atomic mass is 16.5. The smallest absolute Gasteiger partial charge is 0.260 e. The standard InChI is InChI=1S/C24H31N5O2/c1-17-9-5-6-11-19(17)31-15-20(30)29-14-8-12-24(16-29)22(28-23(2,3)4)26-21-18(27-24)10-7-13-25-21/h5-7,9-11,13,27H,8,12,14-16H2,1-4H3,(H,25,26,28). The number of rotatable bonds is 3. The van der Waals surface area contributed by atoms with E-state index in [0.717, 1.165) is 41.5 Å². The molecule has 1 saturated heterocycles. The fourth-order valence-electron chi connectivity index (χ4n) is 4.14. The summed E-state index contributed by atoms with van der Waals surface area (Å²) in [5.41, 5.74) is 1.22. The van der Waals surface area contributed by atoms with Crippen molar-refractivity contribution in [3.63, 3.8) is 0 Å². The van der Waals surface area contributed by atoms with Gasteiger partial charge in [0.25, 0.3) is 5.91 Å². The Balaban J connectivity index is 1.56. The summed E-state index contributed by atoms with van der Waals surface area (Å²) in [6.07, 6.45) is 3.52. The van der Waals surface area contributed by atoms with E-state index in [2.05, 4.69) is 36.4 Å². The average molecular weight is 422 g/mol. The van der Waals surface area contributed by atoms with Crippen LogP contribution in [0, 0.1) is 6.92 Å². The Bertz CT molecular complexity index is 997. The Kier molecular flexibility index (Phi) is 5.60. The maximum atomic E-state index is 13.0. The van der Waals surface area contributed by atoms with E-state index in [0.29, 0.717) is 13.1 Å². The Morgan fingerprint density at radius 2 is 2.06 bits per heavy atom. The van der Waals surface area contributed by atoms with Gasteiger partial charge in [-0.1, -0.05) is 18.2 Å². The van der Waals surface area contributed by atoms with E-state index in [1.807, 2.05) is 48.2 Å². The first kappa shape index (κ1) is 21.2. The van der Waals surface area contributed by atoms with E-state index < -0.39 is 5.54 Å². The summed E-state index contributed by atoms with van der Waals surface area (Å²) in [6, 6.07) is 11.7. The highest BCUT2D eigenvalue weighted by Gasteiger charge is 2.45. The molecule has 0 aliphatic carbocycles. The fraction of sp³-hybridized carbons (Fsp3) is 0.458. The molecule has 1 aromatic heterocycles. The number of hydrogen-bond acceptors (Lipinski definition) is 5. The van der Waals surface area contributed by atoms with Crippen molar-refractivity contribution >= 4 is 23.2 Å². The van der Waals surface area contributed by atoms with Gasteiger partial charge in [-0.25, -0.2) is 4.98 Å². The van der Waals surface area contributed by atoms with Crippen LogP contribution in [0.2, 0.25) is 0 Å². The zero-order valence-electron chi connectivity index (χ0n) is 18.7. The Morgan fingerprint density at radius 1 is 1.26 bits per heavy atom. The number of amides is 1. The minimum atomic E-state index is -0.472. The number of aliphatic imine (C=N–C) groups is 1. The second-order valence-electron chi connectivity index (χ2n) is 9.34. The zero-order chi connectivity index (χ0) is 22.1. The molecule has 3 heterocycles. The van der Waals surface area contributed by atoms with Crippen molar-refractivity contribution < 1.29 is 9.53 Å². The molecule has 0 bridgehead atoms. The summed E-state index contributed by atoms with van der Waals surface area (Å²) in [7, 11) is 0. The van der Waals surface area contributed by atoms with Crippen molar-refractivity contribution in [3.05, 3.63) is 48.2 Å². The van der Waals surface area contributed by atoms with Crippen LogP contribution < -0.4 is 15.4 Å². The SMILES string of the molecule is Cc1ccccc1OCC(=O)N1CCCC2(C1)Nc1cccnc1NC2=NC(C)(C)C. The van der Waals surface area contributed by atoms with Crippen LogP contribution in [0.15, 0.2) is 47.6 Å². The molecule has 2 aromatic rings. The number of likely N-dealkylation sites (tertiary alicyclic amines) is 1. The number of carbonyl (C=O) groups is 1. The third-order valence-corrected chi connectivity index (χ3v) is 5.61. The van der Waals surface area contributed by atoms with E-state index in [9.17, 15) is 4.79 Å². The van der Waals surface area contributed by atoms with Crippen LogP contribution in [0.25, 0.3) is 0 Å². The van der Waals surface area contributed by atoms with Crippen LogP contribution in [0.4, 0.5) is 11.5 Å². The van der Waals surface area contributed by atoms with Crippen molar-refractivity contribution in [1.29, 1.82) is 0 Å². The predicted molar refractivity (Wildman–Crippen MR) is 124 cm³/mol. The fourth-order valence-corrected chi connectivity index (χ4v) is 4.14. The Hall–Kier alpha value is -3.09. The number of ether oxygens (including phenoxy) is 1. The number of aryl methyl sites for hydroxylation is 1. The van der Waals surface area contributed by atoms with Crippen molar-refractivity contribution in [1.82, 2.24) is 9.88 Å². The third kappa shape index (κ3) is 4.65. The van der Waals surface area contributed by atoms with Gasteiger partial charge in [0.1, 0.15) is 17.1 Å². The number of fused-ring (bicyclic) bond motifs is 1. The molecule has 1 fully saturated rings. The molecule has 1 atom stereocenters. The molecule has 0 radical (unpaired) electrons. The number of piperidine rings is 1. The molecule has 0 saturated carbocycles. The van der Waals surface area contributed by atoms with Crippen LogP contribution in [-0.2, 0) is 4.79 Å². The quantitative estimate of drug-likeness (QED) is 0.787. The zero-order valence-corrected chi connectivity index (χ0v) is 18.7. The number of benzene rings is 1. The van der Waals surface area contributed by atoms with Gasteiger partial charge in [0.05, 0.1) is 17.8 Å². The van der Waals surface area contributed by atoms with Crippen molar-refractivity contribution in [3.8, 4) is 5.75 Å². The number of anilines is 2. The average Bonchev–Trinajstić information content (AvgIpc) is 2.73. The van der Waals surface area contributed by atoms with Gasteiger partial charge in [-0.15, -0.1) is 0 Å². The maximum absolute atomic E-state index is 13.0. The molecule has 1 unspecified atom stereocenters. The maximum Gasteiger partial charge on any atom is 0.260 e. The molecule has 7 nitrogen and oxygen atoms in total. The van der Waals surface area contributed by atoms with Gasteiger partial charge in [0.2, 0.25) is 0 Å². The number of nitrogens with zero attached hydrogens (tertiary/aromatic N) is 3. The molecule has 1 spiro atoms. The van der Waals surface area contributed by atoms with E-state index in [1.54, 1.807) is 6.20 Å². The lowest BCUT2D eigenvalue weighted by atomic mass is 9.85. The van der Waals surface area contributed by atoms with Gasteiger partial charge in [-0.2, -0.15) is 0 Å². The highest BCUT2D eigenvalue weighted by Crippen LogP contribution is 2.36. The van der Waals surface area contributed by atoms with Crippen LogP contribution in [0.3, 0.4) is 0 Å². The first-order chi connectivity index (χ1) is 14.8. The molecule has 7 heteroatoms. The summed E-state index contributed by atoms with van der Waals surface area (Å²) >= 11 is 0. The lowest BCUT2D eigenvalue weighted by Gasteiger charge is -2.47. The summed E-state index contributed by atoms with van der Waals surface area (Å²) in [6.45, 7) is 9.47. The molecular weight excluding hydrogens is 390 g/mol.